The predicted octanol–water partition coefficient (Wildman–Crippen LogP) is 2.47. The van der Waals surface area contributed by atoms with Crippen LogP contribution in [0.4, 0.5) is 5.69 Å². The standard InChI is InChI=1S/C17H16N4O3/c1-3-24-17(23)12-5-4-6-13(10-12)19-16(22)14-9-11(2)21-15(20-14)7-8-18-21/h4-10H,3H2,1-2H3,(H,19,22). The molecule has 1 aromatic carbocycles. The second kappa shape index (κ2) is 6.49. The third-order valence-electron chi connectivity index (χ3n) is 3.40. The molecule has 2 heterocycles. The van der Waals surface area contributed by atoms with E-state index in [1.807, 2.05) is 6.92 Å². The monoisotopic (exact) mass is 324 g/mol. The predicted molar refractivity (Wildman–Crippen MR) is 88.1 cm³/mol. The lowest BCUT2D eigenvalue weighted by molar-refractivity contribution is 0.0526. The zero-order valence-electron chi connectivity index (χ0n) is 13.3. The van der Waals surface area contributed by atoms with Crippen LogP contribution in [0.15, 0.2) is 42.6 Å². The zero-order chi connectivity index (χ0) is 17.1. The van der Waals surface area contributed by atoms with E-state index in [9.17, 15) is 9.59 Å². The first-order chi connectivity index (χ1) is 11.6. The highest BCUT2D eigenvalue weighted by molar-refractivity contribution is 6.03. The minimum atomic E-state index is -0.428. The van der Waals surface area contributed by atoms with Crippen molar-refractivity contribution in [3.63, 3.8) is 0 Å². The molecule has 7 nitrogen and oxygen atoms in total. The molecule has 122 valence electrons. The van der Waals surface area contributed by atoms with Crippen LogP contribution in [0.2, 0.25) is 0 Å². The van der Waals surface area contributed by atoms with Crippen molar-refractivity contribution >= 4 is 23.2 Å². The highest BCUT2D eigenvalue weighted by Crippen LogP contribution is 2.14. The van der Waals surface area contributed by atoms with Crippen molar-refractivity contribution < 1.29 is 14.3 Å². The molecule has 0 radical (unpaired) electrons. The molecule has 2 aromatic heterocycles. The van der Waals surface area contributed by atoms with E-state index in [4.69, 9.17) is 4.74 Å². The zero-order valence-corrected chi connectivity index (χ0v) is 13.3. The van der Waals surface area contributed by atoms with Gasteiger partial charge in [0.05, 0.1) is 18.4 Å². The fraction of sp³-hybridized carbons (Fsp3) is 0.176. The Morgan fingerprint density at radius 3 is 2.88 bits per heavy atom. The molecule has 3 rings (SSSR count). The highest BCUT2D eigenvalue weighted by Gasteiger charge is 2.13. The fourth-order valence-electron chi connectivity index (χ4n) is 2.32. The summed E-state index contributed by atoms with van der Waals surface area (Å²) in [4.78, 5) is 28.5. The first-order valence-corrected chi connectivity index (χ1v) is 7.48. The molecule has 0 bridgehead atoms. The Balaban J connectivity index is 1.83. The van der Waals surface area contributed by atoms with Crippen LogP contribution in [0.3, 0.4) is 0 Å². The number of nitrogens with zero attached hydrogens (tertiary/aromatic N) is 3. The number of carbonyl (C=O) groups is 2. The van der Waals surface area contributed by atoms with Crippen LogP contribution < -0.4 is 5.32 Å². The molecule has 7 heteroatoms. The van der Waals surface area contributed by atoms with Gasteiger partial charge in [0.25, 0.3) is 5.91 Å². The van der Waals surface area contributed by atoms with Crippen molar-refractivity contribution in [3.8, 4) is 0 Å². The Morgan fingerprint density at radius 1 is 1.25 bits per heavy atom. The van der Waals surface area contributed by atoms with Gasteiger partial charge in [-0.1, -0.05) is 6.07 Å². The quantitative estimate of drug-likeness (QED) is 0.745. The number of benzene rings is 1. The molecule has 1 amide bonds. The SMILES string of the molecule is CCOC(=O)c1cccc(NC(=O)c2cc(C)n3nccc3n2)c1. The molecule has 0 aliphatic heterocycles. The summed E-state index contributed by atoms with van der Waals surface area (Å²) in [6, 6.07) is 9.97. The van der Waals surface area contributed by atoms with E-state index in [2.05, 4.69) is 15.4 Å². The normalized spacial score (nSPS) is 10.6. The van der Waals surface area contributed by atoms with Crippen LogP contribution >= 0.6 is 0 Å². The van der Waals surface area contributed by atoms with Gasteiger partial charge < -0.3 is 10.1 Å². The summed E-state index contributed by atoms with van der Waals surface area (Å²) >= 11 is 0. The van der Waals surface area contributed by atoms with E-state index in [1.54, 1.807) is 54.0 Å². The van der Waals surface area contributed by atoms with Crippen molar-refractivity contribution in [1.29, 1.82) is 0 Å². The molecular weight excluding hydrogens is 308 g/mol. The van der Waals surface area contributed by atoms with Crippen LogP contribution in [-0.2, 0) is 4.74 Å². The van der Waals surface area contributed by atoms with Crippen LogP contribution in [0, 0.1) is 6.92 Å². The molecule has 0 unspecified atom stereocenters. The number of aromatic nitrogens is 3. The lowest BCUT2D eigenvalue weighted by Crippen LogP contribution is -2.15. The third kappa shape index (κ3) is 3.10. The van der Waals surface area contributed by atoms with Crippen molar-refractivity contribution in [2.75, 3.05) is 11.9 Å². The smallest absolute Gasteiger partial charge is 0.338 e. The maximum absolute atomic E-state index is 12.4. The Hall–Kier alpha value is -3.22. The van der Waals surface area contributed by atoms with E-state index in [-0.39, 0.29) is 11.6 Å². The molecule has 24 heavy (non-hydrogen) atoms. The maximum Gasteiger partial charge on any atom is 0.338 e. The van der Waals surface area contributed by atoms with Crippen molar-refractivity contribution in [3.05, 3.63) is 59.5 Å². The average Bonchev–Trinajstić information content (AvgIpc) is 3.04. The number of ether oxygens (including phenoxy) is 1. The number of aryl methyl sites for hydroxylation is 1. The maximum atomic E-state index is 12.4. The van der Waals surface area contributed by atoms with Gasteiger partial charge >= 0.3 is 5.97 Å². The lowest BCUT2D eigenvalue weighted by Gasteiger charge is -2.08. The van der Waals surface area contributed by atoms with Crippen LogP contribution in [0.1, 0.15) is 33.5 Å². The molecular formula is C17H16N4O3. The van der Waals surface area contributed by atoms with Crippen LogP contribution in [0.25, 0.3) is 5.65 Å². The van der Waals surface area contributed by atoms with E-state index in [0.29, 0.717) is 23.5 Å². The Kier molecular flexibility index (Phi) is 4.24. The van der Waals surface area contributed by atoms with E-state index in [1.165, 1.54) is 0 Å². The number of nitrogens with one attached hydrogen (secondary N) is 1. The molecule has 0 saturated heterocycles. The number of hydrogen-bond donors (Lipinski definition) is 1. The fourth-order valence-corrected chi connectivity index (χ4v) is 2.32. The van der Waals surface area contributed by atoms with Gasteiger partial charge in [0.2, 0.25) is 0 Å². The highest BCUT2D eigenvalue weighted by atomic mass is 16.5. The van der Waals surface area contributed by atoms with Crippen molar-refractivity contribution in [2.24, 2.45) is 0 Å². The molecule has 0 aliphatic rings. The third-order valence-corrected chi connectivity index (χ3v) is 3.40. The first kappa shape index (κ1) is 15.7. The van der Waals surface area contributed by atoms with Crippen molar-refractivity contribution in [2.45, 2.75) is 13.8 Å². The van der Waals surface area contributed by atoms with Gasteiger partial charge in [0, 0.05) is 17.4 Å². The summed E-state index contributed by atoms with van der Waals surface area (Å²) in [6.07, 6.45) is 1.62. The van der Waals surface area contributed by atoms with E-state index >= 15 is 0 Å². The lowest BCUT2D eigenvalue weighted by atomic mass is 10.2. The number of hydrogen-bond acceptors (Lipinski definition) is 5. The molecule has 0 atom stereocenters. The second-order valence-electron chi connectivity index (χ2n) is 5.14. The van der Waals surface area contributed by atoms with Crippen molar-refractivity contribution in [1.82, 2.24) is 14.6 Å². The number of anilines is 1. The topological polar surface area (TPSA) is 85.6 Å². The summed E-state index contributed by atoms with van der Waals surface area (Å²) in [5, 5.41) is 6.86. The average molecular weight is 324 g/mol. The Bertz CT molecular complexity index is 917. The summed E-state index contributed by atoms with van der Waals surface area (Å²) in [5.74, 6) is -0.786. The molecule has 0 aliphatic carbocycles. The summed E-state index contributed by atoms with van der Waals surface area (Å²) in [5.41, 5.74) is 2.56. The van der Waals surface area contributed by atoms with Gasteiger partial charge in [-0.05, 0) is 38.1 Å². The molecule has 0 spiro atoms. The second-order valence-corrected chi connectivity index (χ2v) is 5.14. The summed E-state index contributed by atoms with van der Waals surface area (Å²) in [7, 11) is 0. The molecule has 0 saturated carbocycles. The largest absolute Gasteiger partial charge is 0.462 e. The number of rotatable bonds is 4. The van der Waals surface area contributed by atoms with Gasteiger partial charge in [-0.3, -0.25) is 4.79 Å². The first-order valence-electron chi connectivity index (χ1n) is 7.48. The minimum absolute atomic E-state index is 0.280. The minimum Gasteiger partial charge on any atom is -0.462 e. The number of amides is 1. The Morgan fingerprint density at radius 2 is 2.08 bits per heavy atom. The number of carbonyl (C=O) groups excluding carboxylic acids is 2. The Labute approximate surface area is 138 Å². The van der Waals surface area contributed by atoms with Gasteiger partial charge in [0.15, 0.2) is 5.65 Å². The van der Waals surface area contributed by atoms with Crippen LogP contribution in [0.5, 0.6) is 0 Å². The van der Waals surface area contributed by atoms with Gasteiger partial charge in [0.1, 0.15) is 5.69 Å². The molecule has 0 fully saturated rings. The van der Waals surface area contributed by atoms with E-state index in [0.717, 1.165) is 5.69 Å². The van der Waals surface area contributed by atoms with E-state index < -0.39 is 5.97 Å². The summed E-state index contributed by atoms with van der Waals surface area (Å²) < 4.78 is 6.60. The molecule has 3 aromatic rings. The van der Waals surface area contributed by atoms with Crippen LogP contribution in [-0.4, -0.2) is 33.1 Å². The van der Waals surface area contributed by atoms with Gasteiger partial charge in [-0.15, -0.1) is 0 Å². The number of fused-ring (bicyclic) bond motifs is 1. The molecule has 1 N–H and O–H groups in total. The van der Waals surface area contributed by atoms with Gasteiger partial charge in [-0.25, -0.2) is 14.3 Å². The summed E-state index contributed by atoms with van der Waals surface area (Å²) in [6.45, 7) is 3.88. The van der Waals surface area contributed by atoms with Gasteiger partial charge in [-0.2, -0.15) is 5.10 Å². The number of esters is 1.